The van der Waals surface area contributed by atoms with Gasteiger partial charge in [0.15, 0.2) is 0 Å². The largest absolute Gasteiger partial charge is 0.323 e. The molecular formula is C17H31N3. The maximum Gasteiger partial charge on any atom is 0.0424 e. The summed E-state index contributed by atoms with van der Waals surface area (Å²) in [4.78, 5) is 4.68. The first kappa shape index (κ1) is 17.2. The van der Waals surface area contributed by atoms with Gasteiger partial charge in [-0.3, -0.25) is 0 Å². The van der Waals surface area contributed by atoms with Gasteiger partial charge in [0.25, 0.3) is 0 Å². The third-order valence-corrected chi connectivity index (χ3v) is 3.65. The number of nitrogens with zero attached hydrogens (tertiary/aromatic N) is 2. The number of hydrogen-bond donors (Lipinski definition) is 1. The van der Waals surface area contributed by atoms with Crippen molar-refractivity contribution in [2.45, 2.75) is 33.2 Å². The van der Waals surface area contributed by atoms with Gasteiger partial charge in [-0.05, 0) is 59.6 Å². The average Bonchev–Trinajstić information content (AvgIpc) is 2.35. The Bertz CT molecular complexity index is 381. The molecule has 1 unspecified atom stereocenters. The molecule has 0 spiro atoms. The van der Waals surface area contributed by atoms with Gasteiger partial charge in [0.2, 0.25) is 0 Å². The molecule has 0 radical (unpaired) electrons. The molecule has 3 nitrogen and oxygen atoms in total. The van der Waals surface area contributed by atoms with Crippen LogP contribution >= 0.6 is 0 Å². The molecule has 114 valence electrons. The topological polar surface area (TPSA) is 32.5 Å². The van der Waals surface area contributed by atoms with Gasteiger partial charge in [0.1, 0.15) is 0 Å². The molecule has 0 heterocycles. The highest BCUT2D eigenvalue weighted by atomic mass is 15.1. The third-order valence-electron chi connectivity index (χ3n) is 3.65. The maximum absolute atomic E-state index is 6.39. The van der Waals surface area contributed by atoms with E-state index in [4.69, 9.17) is 5.73 Å². The van der Waals surface area contributed by atoms with Crippen molar-refractivity contribution in [2.24, 2.45) is 5.73 Å². The van der Waals surface area contributed by atoms with Crippen molar-refractivity contribution in [3.8, 4) is 0 Å². The molecule has 1 aromatic carbocycles. The Morgan fingerprint density at radius 3 is 2.15 bits per heavy atom. The highest BCUT2D eigenvalue weighted by Crippen LogP contribution is 2.16. The second kappa shape index (κ2) is 8.40. The normalized spacial score (nSPS) is 13.2. The predicted molar refractivity (Wildman–Crippen MR) is 88.1 cm³/mol. The van der Waals surface area contributed by atoms with Crippen molar-refractivity contribution in [2.75, 3.05) is 40.3 Å². The molecule has 0 bridgehead atoms. The Labute approximate surface area is 124 Å². The van der Waals surface area contributed by atoms with Crippen LogP contribution < -0.4 is 5.73 Å². The van der Waals surface area contributed by atoms with Crippen LogP contribution in [0.1, 0.15) is 36.1 Å². The number of benzene rings is 1. The summed E-state index contributed by atoms with van der Waals surface area (Å²) in [6, 6.07) is 6.73. The van der Waals surface area contributed by atoms with Gasteiger partial charge >= 0.3 is 0 Å². The molecule has 1 atom stereocenters. The quantitative estimate of drug-likeness (QED) is 0.793. The standard InChI is InChI=1S/C17H31N3/c1-6-20(9-7-8-19(4)5)13-17(18)16-11-14(2)10-15(3)12-16/h10-12,17H,6-9,13,18H2,1-5H3. The lowest BCUT2D eigenvalue weighted by Gasteiger charge is -2.25. The summed E-state index contributed by atoms with van der Waals surface area (Å²) in [5.74, 6) is 0. The van der Waals surface area contributed by atoms with E-state index >= 15 is 0 Å². The summed E-state index contributed by atoms with van der Waals surface area (Å²) < 4.78 is 0. The van der Waals surface area contributed by atoms with Crippen molar-refractivity contribution in [1.29, 1.82) is 0 Å². The van der Waals surface area contributed by atoms with Crippen LogP contribution in [0.4, 0.5) is 0 Å². The first-order valence-electron chi connectivity index (χ1n) is 7.63. The minimum absolute atomic E-state index is 0.105. The molecule has 1 aromatic rings. The SMILES string of the molecule is CCN(CCCN(C)C)CC(N)c1cc(C)cc(C)c1. The van der Waals surface area contributed by atoms with Gasteiger partial charge in [-0.15, -0.1) is 0 Å². The summed E-state index contributed by atoms with van der Waals surface area (Å²) in [5, 5.41) is 0. The monoisotopic (exact) mass is 277 g/mol. The van der Waals surface area contributed by atoms with Crippen molar-refractivity contribution in [3.05, 3.63) is 34.9 Å². The molecular weight excluding hydrogens is 246 g/mol. The summed E-state index contributed by atoms with van der Waals surface area (Å²) in [5.41, 5.74) is 10.2. The van der Waals surface area contributed by atoms with Gasteiger partial charge in [0, 0.05) is 12.6 Å². The zero-order valence-electron chi connectivity index (χ0n) is 13.8. The minimum Gasteiger partial charge on any atom is -0.323 e. The van der Waals surface area contributed by atoms with Crippen LogP contribution in [0.15, 0.2) is 18.2 Å². The Balaban J connectivity index is 2.55. The lowest BCUT2D eigenvalue weighted by Crippen LogP contribution is -2.34. The van der Waals surface area contributed by atoms with E-state index in [0.29, 0.717) is 0 Å². The second-order valence-corrected chi connectivity index (χ2v) is 6.08. The van der Waals surface area contributed by atoms with Crippen molar-refractivity contribution in [3.63, 3.8) is 0 Å². The van der Waals surface area contributed by atoms with Crippen LogP contribution in [0.2, 0.25) is 0 Å². The molecule has 0 saturated carbocycles. The molecule has 0 aliphatic heterocycles. The van der Waals surface area contributed by atoms with Crippen LogP contribution in [0.5, 0.6) is 0 Å². The molecule has 20 heavy (non-hydrogen) atoms. The summed E-state index contributed by atoms with van der Waals surface area (Å²) in [7, 11) is 4.25. The minimum atomic E-state index is 0.105. The second-order valence-electron chi connectivity index (χ2n) is 6.08. The van der Waals surface area contributed by atoms with E-state index in [1.807, 2.05) is 0 Å². The van der Waals surface area contributed by atoms with E-state index in [0.717, 1.165) is 26.2 Å². The van der Waals surface area contributed by atoms with Crippen LogP contribution in [-0.2, 0) is 0 Å². The van der Waals surface area contributed by atoms with Crippen molar-refractivity contribution >= 4 is 0 Å². The molecule has 1 rings (SSSR count). The van der Waals surface area contributed by atoms with E-state index in [2.05, 4.69) is 62.9 Å². The summed E-state index contributed by atoms with van der Waals surface area (Å²) in [6.45, 7) is 10.7. The van der Waals surface area contributed by atoms with Gasteiger partial charge in [-0.2, -0.15) is 0 Å². The Morgan fingerprint density at radius 1 is 1.05 bits per heavy atom. The number of aryl methyl sites for hydroxylation is 2. The van der Waals surface area contributed by atoms with Crippen molar-refractivity contribution in [1.82, 2.24) is 9.80 Å². The fourth-order valence-corrected chi connectivity index (χ4v) is 2.60. The number of nitrogens with two attached hydrogens (primary N) is 1. The molecule has 0 aliphatic rings. The number of hydrogen-bond acceptors (Lipinski definition) is 3. The summed E-state index contributed by atoms with van der Waals surface area (Å²) in [6.07, 6.45) is 1.19. The molecule has 0 aromatic heterocycles. The molecule has 0 aliphatic carbocycles. The van der Waals surface area contributed by atoms with E-state index in [1.54, 1.807) is 0 Å². The Morgan fingerprint density at radius 2 is 1.65 bits per heavy atom. The fraction of sp³-hybridized carbons (Fsp3) is 0.647. The van der Waals surface area contributed by atoms with Gasteiger partial charge < -0.3 is 15.5 Å². The zero-order valence-corrected chi connectivity index (χ0v) is 13.8. The maximum atomic E-state index is 6.39. The third kappa shape index (κ3) is 6.04. The molecule has 0 fully saturated rings. The van der Waals surface area contributed by atoms with E-state index < -0.39 is 0 Å². The Kier molecular flexibility index (Phi) is 7.20. The number of rotatable bonds is 8. The zero-order chi connectivity index (χ0) is 15.1. The van der Waals surface area contributed by atoms with Gasteiger partial charge in [0.05, 0.1) is 0 Å². The smallest absolute Gasteiger partial charge is 0.0424 e. The molecule has 2 N–H and O–H groups in total. The van der Waals surface area contributed by atoms with E-state index in [9.17, 15) is 0 Å². The fourth-order valence-electron chi connectivity index (χ4n) is 2.60. The van der Waals surface area contributed by atoms with Crippen LogP contribution in [0.3, 0.4) is 0 Å². The van der Waals surface area contributed by atoms with E-state index in [-0.39, 0.29) is 6.04 Å². The molecule has 3 heteroatoms. The van der Waals surface area contributed by atoms with E-state index in [1.165, 1.54) is 23.1 Å². The molecule has 0 saturated heterocycles. The summed E-state index contributed by atoms with van der Waals surface area (Å²) >= 11 is 0. The van der Waals surface area contributed by atoms with Gasteiger partial charge in [-0.1, -0.05) is 36.2 Å². The predicted octanol–water partition coefficient (Wildman–Crippen LogP) is 2.58. The number of likely N-dealkylation sites (N-methyl/N-ethyl adjacent to an activating group) is 1. The average molecular weight is 277 g/mol. The first-order valence-corrected chi connectivity index (χ1v) is 7.63. The van der Waals surface area contributed by atoms with Gasteiger partial charge in [-0.25, -0.2) is 0 Å². The lowest BCUT2D eigenvalue weighted by molar-refractivity contribution is 0.252. The van der Waals surface area contributed by atoms with Crippen LogP contribution in [0.25, 0.3) is 0 Å². The highest BCUT2D eigenvalue weighted by Gasteiger charge is 2.11. The molecule has 0 amide bonds. The first-order chi connectivity index (χ1) is 9.42. The highest BCUT2D eigenvalue weighted by molar-refractivity contribution is 5.30. The Hall–Kier alpha value is -0.900. The van der Waals surface area contributed by atoms with Crippen molar-refractivity contribution < 1.29 is 0 Å². The van der Waals surface area contributed by atoms with Crippen LogP contribution in [0, 0.1) is 13.8 Å². The van der Waals surface area contributed by atoms with Crippen LogP contribution in [-0.4, -0.2) is 50.1 Å². The lowest BCUT2D eigenvalue weighted by atomic mass is 10.0.